The number of sulfonamides is 1. The van der Waals surface area contributed by atoms with Crippen LogP contribution in [0.3, 0.4) is 0 Å². The number of rotatable bonds is 7. The summed E-state index contributed by atoms with van der Waals surface area (Å²) in [6.07, 6.45) is 2.60. The van der Waals surface area contributed by atoms with Crippen LogP contribution in [0.2, 0.25) is 0 Å². The first kappa shape index (κ1) is 15.4. The molecule has 1 aliphatic carbocycles. The highest BCUT2D eigenvalue weighted by Crippen LogP contribution is 2.31. The standard InChI is InChI=1S/C11H22N2O4S/c1-12-7-4-8-13-18(15,16)10-6-3-5-9(10)11(14)17-2/h9-10,12-13H,3-8H2,1-2H3. The number of carbonyl (C=O) groups is 1. The maximum absolute atomic E-state index is 12.1. The molecule has 0 radical (unpaired) electrons. The topological polar surface area (TPSA) is 84.5 Å². The Morgan fingerprint density at radius 2 is 2.06 bits per heavy atom. The van der Waals surface area contributed by atoms with Crippen molar-refractivity contribution in [2.24, 2.45) is 5.92 Å². The van der Waals surface area contributed by atoms with Gasteiger partial charge in [0.1, 0.15) is 0 Å². The highest BCUT2D eigenvalue weighted by atomic mass is 32.2. The number of nitrogens with one attached hydrogen (secondary N) is 2. The lowest BCUT2D eigenvalue weighted by Gasteiger charge is -2.18. The number of carbonyl (C=O) groups excluding carboxylic acids is 1. The van der Waals surface area contributed by atoms with Gasteiger partial charge in [-0.2, -0.15) is 0 Å². The van der Waals surface area contributed by atoms with Gasteiger partial charge in [-0.15, -0.1) is 0 Å². The summed E-state index contributed by atoms with van der Waals surface area (Å²) in [5, 5.41) is 2.31. The molecule has 0 saturated heterocycles. The highest BCUT2D eigenvalue weighted by Gasteiger charge is 2.41. The molecule has 0 heterocycles. The zero-order chi connectivity index (χ0) is 13.6. The summed E-state index contributed by atoms with van der Waals surface area (Å²) in [6.45, 7) is 1.15. The van der Waals surface area contributed by atoms with Crippen LogP contribution < -0.4 is 10.0 Å². The van der Waals surface area contributed by atoms with E-state index < -0.39 is 27.2 Å². The predicted molar refractivity (Wildman–Crippen MR) is 68.6 cm³/mol. The Hall–Kier alpha value is -0.660. The molecule has 1 rings (SSSR count). The van der Waals surface area contributed by atoms with Gasteiger partial charge in [0.05, 0.1) is 18.3 Å². The first-order chi connectivity index (χ1) is 8.53. The zero-order valence-electron chi connectivity index (χ0n) is 10.9. The molecule has 1 saturated carbocycles. The summed E-state index contributed by atoms with van der Waals surface area (Å²) >= 11 is 0. The summed E-state index contributed by atoms with van der Waals surface area (Å²) in [5.41, 5.74) is 0. The lowest BCUT2D eigenvalue weighted by Crippen LogP contribution is -2.40. The molecule has 0 amide bonds. The molecule has 106 valence electrons. The minimum absolute atomic E-state index is 0.396. The molecule has 1 aliphatic rings. The number of ether oxygens (including phenoxy) is 1. The van der Waals surface area contributed by atoms with Crippen LogP contribution in [0.4, 0.5) is 0 Å². The second kappa shape index (κ2) is 7.06. The van der Waals surface area contributed by atoms with E-state index in [0.717, 1.165) is 19.4 Å². The molecule has 2 unspecified atom stereocenters. The van der Waals surface area contributed by atoms with E-state index in [2.05, 4.69) is 14.8 Å². The van der Waals surface area contributed by atoms with Crippen LogP contribution in [0, 0.1) is 5.92 Å². The van der Waals surface area contributed by atoms with Gasteiger partial charge in [-0.05, 0) is 32.9 Å². The maximum Gasteiger partial charge on any atom is 0.310 e. The van der Waals surface area contributed by atoms with E-state index in [-0.39, 0.29) is 0 Å². The fourth-order valence-electron chi connectivity index (χ4n) is 2.31. The largest absolute Gasteiger partial charge is 0.469 e. The first-order valence-corrected chi connectivity index (χ1v) is 7.78. The third kappa shape index (κ3) is 3.93. The van der Waals surface area contributed by atoms with Gasteiger partial charge in [-0.25, -0.2) is 13.1 Å². The Morgan fingerprint density at radius 1 is 1.33 bits per heavy atom. The Bertz CT molecular complexity index is 369. The Balaban J connectivity index is 2.57. The molecule has 1 fully saturated rings. The molecule has 0 bridgehead atoms. The van der Waals surface area contributed by atoms with Crippen molar-refractivity contribution in [3.05, 3.63) is 0 Å². The van der Waals surface area contributed by atoms with E-state index in [1.54, 1.807) is 0 Å². The average Bonchev–Trinajstić information content (AvgIpc) is 2.83. The van der Waals surface area contributed by atoms with Gasteiger partial charge in [-0.3, -0.25) is 4.79 Å². The van der Waals surface area contributed by atoms with Crippen LogP contribution in [-0.2, 0) is 19.6 Å². The summed E-state index contributed by atoms with van der Waals surface area (Å²) in [7, 11) is -0.309. The van der Waals surface area contributed by atoms with Crippen LogP contribution in [0.1, 0.15) is 25.7 Å². The van der Waals surface area contributed by atoms with Gasteiger partial charge in [0.15, 0.2) is 0 Å². The van der Waals surface area contributed by atoms with E-state index in [9.17, 15) is 13.2 Å². The van der Waals surface area contributed by atoms with Gasteiger partial charge in [0.2, 0.25) is 10.0 Å². The van der Waals surface area contributed by atoms with Crippen molar-refractivity contribution >= 4 is 16.0 Å². The van der Waals surface area contributed by atoms with E-state index in [0.29, 0.717) is 19.4 Å². The third-order valence-electron chi connectivity index (χ3n) is 3.26. The quantitative estimate of drug-likeness (QED) is 0.500. The van der Waals surface area contributed by atoms with E-state index in [1.165, 1.54) is 7.11 Å². The normalized spacial score (nSPS) is 24.1. The molecule has 0 aromatic rings. The van der Waals surface area contributed by atoms with Gasteiger partial charge in [0.25, 0.3) is 0 Å². The fraction of sp³-hybridized carbons (Fsp3) is 0.909. The SMILES string of the molecule is CNCCCNS(=O)(=O)C1CCCC1C(=O)OC. The Labute approximate surface area is 109 Å². The summed E-state index contributed by atoms with van der Waals surface area (Å²) in [5.74, 6) is -0.935. The number of hydrogen-bond acceptors (Lipinski definition) is 5. The zero-order valence-corrected chi connectivity index (χ0v) is 11.8. The minimum atomic E-state index is -3.42. The summed E-state index contributed by atoms with van der Waals surface area (Å²) in [6, 6.07) is 0. The lowest BCUT2D eigenvalue weighted by atomic mass is 10.1. The van der Waals surface area contributed by atoms with Crippen molar-refractivity contribution in [2.75, 3.05) is 27.2 Å². The van der Waals surface area contributed by atoms with Gasteiger partial charge in [0, 0.05) is 6.54 Å². The van der Waals surface area contributed by atoms with Crippen LogP contribution in [0.15, 0.2) is 0 Å². The molecule has 0 aromatic heterocycles. The molecule has 0 aliphatic heterocycles. The van der Waals surface area contributed by atoms with E-state index in [4.69, 9.17) is 0 Å². The molecule has 18 heavy (non-hydrogen) atoms. The second-order valence-electron chi connectivity index (χ2n) is 4.50. The maximum atomic E-state index is 12.1. The van der Waals surface area contributed by atoms with Crippen molar-refractivity contribution < 1.29 is 17.9 Å². The van der Waals surface area contributed by atoms with Crippen LogP contribution >= 0.6 is 0 Å². The van der Waals surface area contributed by atoms with Crippen molar-refractivity contribution in [3.8, 4) is 0 Å². The minimum Gasteiger partial charge on any atom is -0.469 e. The van der Waals surface area contributed by atoms with Crippen molar-refractivity contribution in [2.45, 2.75) is 30.9 Å². The molecule has 0 aromatic carbocycles. The predicted octanol–water partition coefficient (Wildman–Crippen LogP) is -0.143. The molecule has 7 heteroatoms. The second-order valence-corrected chi connectivity index (χ2v) is 6.48. The first-order valence-electron chi connectivity index (χ1n) is 6.24. The number of esters is 1. The van der Waals surface area contributed by atoms with Crippen LogP contribution in [-0.4, -0.2) is 46.9 Å². The molecule has 2 N–H and O–H groups in total. The Morgan fingerprint density at radius 3 is 2.67 bits per heavy atom. The molecule has 6 nitrogen and oxygen atoms in total. The molecule has 2 atom stereocenters. The van der Waals surface area contributed by atoms with Crippen molar-refractivity contribution in [1.29, 1.82) is 0 Å². The molecule has 0 spiro atoms. The van der Waals surface area contributed by atoms with E-state index in [1.807, 2.05) is 7.05 Å². The van der Waals surface area contributed by atoms with Crippen molar-refractivity contribution in [3.63, 3.8) is 0 Å². The fourth-order valence-corrected chi connectivity index (χ4v) is 4.10. The van der Waals surface area contributed by atoms with Crippen molar-refractivity contribution in [1.82, 2.24) is 10.0 Å². The number of hydrogen-bond donors (Lipinski definition) is 2. The van der Waals surface area contributed by atoms with Gasteiger partial charge >= 0.3 is 5.97 Å². The number of methoxy groups -OCH3 is 1. The summed E-state index contributed by atoms with van der Waals surface area (Å²) in [4.78, 5) is 11.5. The Kier molecular flexibility index (Phi) is 6.04. The lowest BCUT2D eigenvalue weighted by molar-refractivity contribution is -0.145. The molecular weight excluding hydrogens is 256 g/mol. The third-order valence-corrected chi connectivity index (χ3v) is 5.23. The summed E-state index contributed by atoms with van der Waals surface area (Å²) < 4.78 is 31.4. The molecular formula is C11H22N2O4S. The average molecular weight is 278 g/mol. The highest BCUT2D eigenvalue weighted by molar-refractivity contribution is 7.90. The van der Waals surface area contributed by atoms with Crippen LogP contribution in [0.5, 0.6) is 0 Å². The smallest absolute Gasteiger partial charge is 0.310 e. The van der Waals surface area contributed by atoms with E-state index >= 15 is 0 Å². The van der Waals surface area contributed by atoms with Gasteiger partial charge in [-0.1, -0.05) is 6.42 Å². The van der Waals surface area contributed by atoms with Gasteiger partial charge < -0.3 is 10.1 Å². The monoisotopic (exact) mass is 278 g/mol. The van der Waals surface area contributed by atoms with Crippen LogP contribution in [0.25, 0.3) is 0 Å².